The molecule has 0 radical (unpaired) electrons. The van der Waals surface area contributed by atoms with E-state index in [0.717, 1.165) is 42.4 Å². The van der Waals surface area contributed by atoms with E-state index in [1.54, 1.807) is 0 Å². The van der Waals surface area contributed by atoms with Gasteiger partial charge in [-0.15, -0.1) is 0 Å². The second-order valence-electron chi connectivity index (χ2n) is 9.81. The van der Waals surface area contributed by atoms with Crippen LogP contribution in [0.2, 0.25) is 0 Å². The topological polar surface area (TPSA) is 20.2 Å². The molecule has 0 bridgehead atoms. The van der Waals surface area contributed by atoms with E-state index in [1.165, 1.54) is 51.4 Å². The van der Waals surface area contributed by atoms with Crippen LogP contribution in [0.5, 0.6) is 0 Å². The summed E-state index contributed by atoms with van der Waals surface area (Å²) in [5, 5.41) is 10.1. The summed E-state index contributed by atoms with van der Waals surface area (Å²) < 4.78 is 0. The predicted molar refractivity (Wildman–Crippen MR) is 91.5 cm³/mol. The molecule has 1 N–H and O–H groups in total. The van der Waals surface area contributed by atoms with Gasteiger partial charge in [0.1, 0.15) is 0 Å². The van der Waals surface area contributed by atoms with Crippen molar-refractivity contribution < 1.29 is 5.11 Å². The first-order valence-electron chi connectivity index (χ1n) is 10.2. The summed E-state index contributed by atoms with van der Waals surface area (Å²) in [6.07, 6.45) is 13.7. The van der Waals surface area contributed by atoms with Crippen LogP contribution in [0, 0.1) is 40.4 Å². The normalized spacial score (nSPS) is 57.8. The van der Waals surface area contributed by atoms with Gasteiger partial charge in [-0.3, -0.25) is 0 Å². The zero-order chi connectivity index (χ0) is 15.5. The average molecular weight is 305 g/mol. The van der Waals surface area contributed by atoms with Crippen LogP contribution in [-0.4, -0.2) is 11.2 Å². The van der Waals surface area contributed by atoms with Gasteiger partial charge in [0.05, 0.1) is 6.10 Å². The van der Waals surface area contributed by atoms with Crippen molar-refractivity contribution in [1.82, 2.24) is 0 Å². The molecule has 0 aromatic carbocycles. The van der Waals surface area contributed by atoms with Gasteiger partial charge in [0.15, 0.2) is 0 Å². The molecule has 0 heterocycles. The third-order valence-electron chi connectivity index (χ3n) is 9.33. The Bertz CT molecular complexity index is 432. The van der Waals surface area contributed by atoms with Gasteiger partial charge in [0, 0.05) is 0 Å². The molecule has 0 aliphatic heterocycles. The van der Waals surface area contributed by atoms with E-state index in [1.807, 2.05) is 0 Å². The highest BCUT2D eigenvalue weighted by Crippen LogP contribution is 2.67. The Labute approximate surface area is 137 Å². The van der Waals surface area contributed by atoms with E-state index >= 15 is 0 Å². The summed E-state index contributed by atoms with van der Waals surface area (Å²) in [6.45, 7) is 7.68. The molecule has 1 unspecified atom stereocenters. The summed E-state index contributed by atoms with van der Waals surface area (Å²) in [4.78, 5) is 0. The molecule has 0 aromatic heterocycles. The number of rotatable bonds is 1. The van der Waals surface area contributed by atoms with E-state index < -0.39 is 0 Å². The third-order valence-corrected chi connectivity index (χ3v) is 9.33. The summed E-state index contributed by atoms with van der Waals surface area (Å²) in [7, 11) is 0. The lowest BCUT2D eigenvalue weighted by Gasteiger charge is -2.61. The summed E-state index contributed by atoms with van der Waals surface area (Å²) in [6, 6.07) is 0. The molecule has 8 atom stereocenters. The molecule has 126 valence electrons. The average Bonchev–Trinajstić information content (AvgIpc) is 2.84. The lowest BCUT2D eigenvalue weighted by molar-refractivity contribution is -0.126. The van der Waals surface area contributed by atoms with Crippen LogP contribution in [0.25, 0.3) is 0 Å². The summed E-state index contributed by atoms with van der Waals surface area (Å²) >= 11 is 0. The second-order valence-corrected chi connectivity index (χ2v) is 9.81. The highest BCUT2D eigenvalue weighted by atomic mass is 16.3. The molecule has 0 saturated heterocycles. The van der Waals surface area contributed by atoms with Crippen molar-refractivity contribution in [3.8, 4) is 0 Å². The van der Waals surface area contributed by atoms with Gasteiger partial charge < -0.3 is 5.11 Å². The largest absolute Gasteiger partial charge is 0.393 e. The Morgan fingerprint density at radius 2 is 1.59 bits per heavy atom. The van der Waals surface area contributed by atoms with Gasteiger partial charge in [0.2, 0.25) is 0 Å². The molecule has 1 heteroatoms. The smallest absolute Gasteiger partial charge is 0.0543 e. The van der Waals surface area contributed by atoms with Crippen molar-refractivity contribution >= 4 is 0 Å². The number of aliphatic hydroxyl groups excluding tert-OH is 1. The number of fused-ring (bicyclic) bond motifs is 5. The van der Waals surface area contributed by atoms with Crippen LogP contribution in [0.4, 0.5) is 0 Å². The lowest BCUT2D eigenvalue weighted by Crippen LogP contribution is -2.53. The molecule has 0 amide bonds. The molecule has 1 nitrogen and oxygen atoms in total. The molecule has 4 saturated carbocycles. The number of aliphatic hydroxyl groups is 1. The van der Waals surface area contributed by atoms with Crippen molar-refractivity contribution in [1.29, 1.82) is 0 Å². The maximum absolute atomic E-state index is 10.1. The first-order chi connectivity index (χ1) is 10.5. The molecular weight excluding hydrogens is 268 g/mol. The van der Waals surface area contributed by atoms with Crippen molar-refractivity contribution in [2.45, 2.75) is 91.1 Å². The highest BCUT2D eigenvalue weighted by molar-refractivity contribution is 5.08. The van der Waals surface area contributed by atoms with Gasteiger partial charge in [-0.2, -0.15) is 0 Å². The SMILES string of the molecule is CC[C@H]1CC[C@H]2[C@@H]3CC[C@H]4CC(O)CC[C@]4(C)[C@H]3CC[C@]12C. The van der Waals surface area contributed by atoms with Crippen LogP contribution < -0.4 is 0 Å². The van der Waals surface area contributed by atoms with Crippen molar-refractivity contribution in [2.24, 2.45) is 40.4 Å². The minimum absolute atomic E-state index is 0.000524. The molecule has 0 spiro atoms. The Morgan fingerprint density at radius 3 is 2.36 bits per heavy atom. The van der Waals surface area contributed by atoms with Crippen LogP contribution >= 0.6 is 0 Å². The number of hydrogen-bond donors (Lipinski definition) is 1. The molecule has 4 aliphatic rings. The molecule has 0 aromatic rings. The van der Waals surface area contributed by atoms with Crippen LogP contribution in [0.1, 0.15) is 85.0 Å². The lowest BCUT2D eigenvalue weighted by atomic mass is 9.44. The number of hydrogen-bond acceptors (Lipinski definition) is 1. The zero-order valence-corrected chi connectivity index (χ0v) is 15.0. The minimum Gasteiger partial charge on any atom is -0.393 e. The van der Waals surface area contributed by atoms with E-state index in [2.05, 4.69) is 20.8 Å². The monoisotopic (exact) mass is 304 g/mol. The van der Waals surface area contributed by atoms with E-state index in [4.69, 9.17) is 0 Å². The summed E-state index contributed by atoms with van der Waals surface area (Å²) in [5.41, 5.74) is 1.21. The molecule has 4 aliphatic carbocycles. The standard InChI is InChI=1S/C21H36O/c1-4-14-6-8-18-17-7-5-15-13-16(22)9-11-21(15,3)19(17)10-12-20(14,18)2/h14-19,22H,4-13H2,1-3H3/t14-,15-,16?,17-,18-,19-,20+,21-/m0/s1. The van der Waals surface area contributed by atoms with E-state index in [0.29, 0.717) is 10.8 Å². The fraction of sp³-hybridized carbons (Fsp3) is 1.00. The maximum Gasteiger partial charge on any atom is 0.0543 e. The van der Waals surface area contributed by atoms with E-state index in [-0.39, 0.29) is 6.10 Å². The quantitative estimate of drug-likeness (QED) is 0.686. The molecule has 4 rings (SSSR count). The molecule has 22 heavy (non-hydrogen) atoms. The van der Waals surface area contributed by atoms with Gasteiger partial charge >= 0.3 is 0 Å². The maximum atomic E-state index is 10.1. The van der Waals surface area contributed by atoms with Gasteiger partial charge in [-0.25, -0.2) is 0 Å². The Kier molecular flexibility index (Phi) is 3.68. The van der Waals surface area contributed by atoms with Crippen molar-refractivity contribution in [3.63, 3.8) is 0 Å². The fourth-order valence-corrected chi connectivity index (χ4v) is 8.01. The van der Waals surface area contributed by atoms with Gasteiger partial charge in [-0.05, 0) is 98.2 Å². The molecule has 4 fully saturated rings. The fourth-order valence-electron chi connectivity index (χ4n) is 8.01. The first kappa shape index (κ1) is 15.5. The van der Waals surface area contributed by atoms with Gasteiger partial charge in [0.25, 0.3) is 0 Å². The molecular formula is C21H36O. The second kappa shape index (κ2) is 5.23. The van der Waals surface area contributed by atoms with Gasteiger partial charge in [-0.1, -0.05) is 27.2 Å². The first-order valence-corrected chi connectivity index (χ1v) is 10.2. The van der Waals surface area contributed by atoms with Crippen LogP contribution in [0.3, 0.4) is 0 Å². The predicted octanol–water partition coefficient (Wildman–Crippen LogP) is 5.42. The Morgan fingerprint density at radius 1 is 0.864 bits per heavy atom. The van der Waals surface area contributed by atoms with Crippen molar-refractivity contribution in [2.75, 3.05) is 0 Å². The van der Waals surface area contributed by atoms with Crippen LogP contribution in [-0.2, 0) is 0 Å². The van der Waals surface area contributed by atoms with E-state index in [9.17, 15) is 5.11 Å². The Hall–Kier alpha value is -0.0400. The highest BCUT2D eigenvalue weighted by Gasteiger charge is 2.59. The summed E-state index contributed by atoms with van der Waals surface area (Å²) in [5.74, 6) is 4.79. The minimum atomic E-state index is -0.000524. The third kappa shape index (κ3) is 2.00. The zero-order valence-electron chi connectivity index (χ0n) is 15.0. The Balaban J connectivity index is 1.61. The van der Waals surface area contributed by atoms with Crippen molar-refractivity contribution in [3.05, 3.63) is 0 Å². The van der Waals surface area contributed by atoms with Crippen LogP contribution in [0.15, 0.2) is 0 Å².